The fourth-order valence-electron chi connectivity index (χ4n) is 1.47. The molecule has 12 heavy (non-hydrogen) atoms. The van der Waals surface area contributed by atoms with Crippen LogP contribution in [0.25, 0.3) is 0 Å². The number of carbonyl (C=O) groups is 2. The van der Waals surface area contributed by atoms with Gasteiger partial charge >= 0.3 is 5.97 Å². The van der Waals surface area contributed by atoms with Crippen LogP contribution >= 0.6 is 0 Å². The zero-order chi connectivity index (χ0) is 9.35. The number of hydrogen-bond donors (Lipinski definition) is 0. The van der Waals surface area contributed by atoms with E-state index in [4.69, 9.17) is 4.74 Å². The van der Waals surface area contributed by atoms with E-state index in [0.29, 0.717) is 18.8 Å². The monoisotopic (exact) mass is 170 g/mol. The lowest BCUT2D eigenvalue weighted by molar-refractivity contribution is -0.152. The molecule has 1 atom stereocenters. The summed E-state index contributed by atoms with van der Waals surface area (Å²) in [5.41, 5.74) is -0.736. The van der Waals surface area contributed by atoms with E-state index in [9.17, 15) is 9.59 Å². The minimum absolute atomic E-state index is 0.0615. The van der Waals surface area contributed by atoms with Crippen LogP contribution in [0, 0.1) is 5.92 Å². The van der Waals surface area contributed by atoms with Crippen LogP contribution < -0.4 is 0 Å². The van der Waals surface area contributed by atoms with Crippen molar-refractivity contribution in [3.63, 3.8) is 0 Å². The summed E-state index contributed by atoms with van der Waals surface area (Å²) in [6, 6.07) is 0. The molecule has 1 fully saturated rings. The van der Waals surface area contributed by atoms with Gasteiger partial charge in [-0.25, -0.2) is 0 Å². The Hall–Kier alpha value is -0.860. The highest BCUT2D eigenvalue weighted by Crippen LogP contribution is 2.40. The van der Waals surface area contributed by atoms with E-state index in [2.05, 4.69) is 0 Å². The van der Waals surface area contributed by atoms with Gasteiger partial charge in [0.1, 0.15) is 0 Å². The second-order valence-corrected chi connectivity index (χ2v) is 3.79. The van der Waals surface area contributed by atoms with Crippen LogP contribution in [-0.2, 0) is 14.3 Å². The van der Waals surface area contributed by atoms with Gasteiger partial charge in [-0.2, -0.15) is 0 Å². The Bertz CT molecular complexity index is 220. The van der Waals surface area contributed by atoms with Crippen LogP contribution in [-0.4, -0.2) is 17.4 Å². The normalized spacial score (nSPS) is 27.5. The minimum Gasteiger partial charge on any atom is -0.451 e. The first-order valence-corrected chi connectivity index (χ1v) is 4.19. The summed E-state index contributed by atoms with van der Waals surface area (Å²) < 4.78 is 4.98. The number of Topliss-reactive ketones (excluding diaryl/α,β-unsaturated/α-hetero) is 1. The molecule has 1 aliphatic carbocycles. The highest BCUT2D eigenvalue weighted by molar-refractivity contribution is 6.05. The molecular formula is C9H14O3. The van der Waals surface area contributed by atoms with Gasteiger partial charge in [0.15, 0.2) is 11.4 Å². The van der Waals surface area contributed by atoms with Gasteiger partial charge in [-0.15, -0.1) is 0 Å². The van der Waals surface area contributed by atoms with E-state index < -0.39 is 5.60 Å². The Morgan fingerprint density at radius 1 is 1.67 bits per heavy atom. The quantitative estimate of drug-likeness (QED) is 0.600. The lowest BCUT2D eigenvalue weighted by Gasteiger charge is -2.14. The van der Waals surface area contributed by atoms with Gasteiger partial charge in [0.25, 0.3) is 0 Å². The molecule has 0 aromatic heterocycles. The van der Waals surface area contributed by atoms with Crippen molar-refractivity contribution < 1.29 is 14.3 Å². The van der Waals surface area contributed by atoms with Gasteiger partial charge in [0, 0.05) is 6.92 Å². The molecule has 0 amide bonds. The van der Waals surface area contributed by atoms with Crippen LogP contribution in [0.5, 0.6) is 0 Å². The lowest BCUT2D eigenvalue weighted by Crippen LogP contribution is -2.22. The molecular weight excluding hydrogens is 156 g/mol. The Morgan fingerprint density at radius 3 is 2.42 bits per heavy atom. The minimum atomic E-state index is -0.736. The number of carbonyl (C=O) groups excluding carboxylic acids is 2. The summed E-state index contributed by atoms with van der Waals surface area (Å²) in [5, 5.41) is 0. The van der Waals surface area contributed by atoms with Crippen molar-refractivity contribution in [3.05, 3.63) is 0 Å². The smallest absolute Gasteiger partial charge is 0.303 e. The molecule has 0 heterocycles. The molecule has 1 saturated carbocycles. The first-order chi connectivity index (χ1) is 5.46. The second-order valence-electron chi connectivity index (χ2n) is 3.79. The molecule has 1 rings (SSSR count). The molecule has 0 N–H and O–H groups in total. The van der Waals surface area contributed by atoms with Crippen molar-refractivity contribution in [2.24, 2.45) is 5.92 Å². The maximum Gasteiger partial charge on any atom is 0.303 e. The maximum atomic E-state index is 11.0. The Kier molecular flexibility index (Phi) is 2.22. The molecule has 3 heteroatoms. The van der Waals surface area contributed by atoms with Gasteiger partial charge in [-0.3, -0.25) is 9.59 Å². The molecule has 0 aliphatic heterocycles. The van der Waals surface area contributed by atoms with Crippen molar-refractivity contribution >= 4 is 11.8 Å². The van der Waals surface area contributed by atoms with Crippen molar-refractivity contribution in [3.8, 4) is 0 Å². The Morgan fingerprint density at radius 2 is 2.17 bits per heavy atom. The van der Waals surface area contributed by atoms with Crippen molar-refractivity contribution in [1.82, 2.24) is 0 Å². The second kappa shape index (κ2) is 2.88. The van der Waals surface area contributed by atoms with E-state index in [1.807, 2.05) is 13.8 Å². The van der Waals surface area contributed by atoms with Gasteiger partial charge < -0.3 is 4.74 Å². The average Bonchev–Trinajstić information content (AvgIpc) is 2.36. The fourth-order valence-corrected chi connectivity index (χ4v) is 1.47. The third-order valence-electron chi connectivity index (χ3n) is 1.91. The van der Waals surface area contributed by atoms with E-state index >= 15 is 0 Å². The van der Waals surface area contributed by atoms with Gasteiger partial charge in [0.2, 0.25) is 0 Å². The van der Waals surface area contributed by atoms with Crippen molar-refractivity contribution in [2.75, 3.05) is 0 Å². The van der Waals surface area contributed by atoms with Crippen LogP contribution in [0.4, 0.5) is 0 Å². The van der Waals surface area contributed by atoms with Crippen molar-refractivity contribution in [1.29, 1.82) is 0 Å². The summed E-state index contributed by atoms with van der Waals surface area (Å²) in [5.74, 6) is 0.0868. The highest BCUT2D eigenvalue weighted by atomic mass is 16.6. The molecule has 0 aromatic rings. The van der Waals surface area contributed by atoms with E-state index in [-0.39, 0.29) is 11.8 Å². The fraction of sp³-hybridized carbons (Fsp3) is 0.778. The van der Waals surface area contributed by atoms with Gasteiger partial charge in [0.05, 0.1) is 6.42 Å². The van der Waals surface area contributed by atoms with Gasteiger partial charge in [-0.05, 0) is 12.3 Å². The number of ether oxygens (including phenoxy) is 1. The maximum absolute atomic E-state index is 11.0. The topological polar surface area (TPSA) is 43.4 Å². The molecule has 0 bridgehead atoms. The average molecular weight is 170 g/mol. The largest absolute Gasteiger partial charge is 0.451 e. The molecule has 1 unspecified atom stereocenters. The summed E-state index contributed by atoms with van der Waals surface area (Å²) in [4.78, 5) is 21.7. The first kappa shape index (κ1) is 9.23. The standard InChI is InChI=1S/C9H14O3/c1-6(2)4-9(5-8(9)11)12-7(3)10/h6H,4-5H2,1-3H3. The van der Waals surface area contributed by atoms with Crippen LogP contribution in [0.15, 0.2) is 0 Å². The molecule has 0 spiro atoms. The SMILES string of the molecule is CC(=O)OC1(CC(C)C)CC1=O. The molecule has 0 saturated heterocycles. The molecule has 0 radical (unpaired) electrons. The number of hydrogen-bond acceptors (Lipinski definition) is 3. The summed E-state index contributed by atoms with van der Waals surface area (Å²) in [7, 11) is 0. The van der Waals surface area contributed by atoms with Crippen LogP contribution in [0.3, 0.4) is 0 Å². The zero-order valence-electron chi connectivity index (χ0n) is 7.72. The number of ketones is 1. The number of rotatable bonds is 3. The Labute approximate surface area is 72.1 Å². The molecule has 68 valence electrons. The van der Waals surface area contributed by atoms with E-state index in [1.165, 1.54) is 6.92 Å². The zero-order valence-corrected chi connectivity index (χ0v) is 7.72. The third-order valence-corrected chi connectivity index (χ3v) is 1.91. The van der Waals surface area contributed by atoms with Crippen molar-refractivity contribution in [2.45, 2.75) is 39.2 Å². The highest BCUT2D eigenvalue weighted by Gasteiger charge is 2.57. The van der Waals surface area contributed by atoms with Gasteiger partial charge in [-0.1, -0.05) is 13.8 Å². The van der Waals surface area contributed by atoms with Crippen LogP contribution in [0.2, 0.25) is 0 Å². The predicted molar refractivity (Wildman–Crippen MR) is 43.6 cm³/mol. The Balaban J connectivity index is 2.54. The first-order valence-electron chi connectivity index (χ1n) is 4.19. The lowest BCUT2D eigenvalue weighted by atomic mass is 10.0. The molecule has 0 aromatic carbocycles. The molecule has 1 aliphatic rings. The third kappa shape index (κ3) is 1.84. The summed E-state index contributed by atoms with van der Waals surface area (Å²) in [6.45, 7) is 5.36. The number of esters is 1. The van der Waals surface area contributed by atoms with E-state index in [0.717, 1.165) is 0 Å². The summed E-state index contributed by atoms with van der Waals surface area (Å²) >= 11 is 0. The summed E-state index contributed by atoms with van der Waals surface area (Å²) in [6.07, 6.45) is 1.07. The van der Waals surface area contributed by atoms with E-state index in [1.54, 1.807) is 0 Å². The molecule has 3 nitrogen and oxygen atoms in total. The predicted octanol–water partition coefficient (Wildman–Crippen LogP) is 1.31. The van der Waals surface area contributed by atoms with Crippen LogP contribution in [0.1, 0.15) is 33.6 Å².